The molecule has 0 atom stereocenters. The van der Waals surface area contributed by atoms with Crippen LogP contribution in [0.3, 0.4) is 0 Å². The minimum atomic E-state index is 0.00695. The summed E-state index contributed by atoms with van der Waals surface area (Å²) in [4.78, 5) is 11.7. The second-order valence-corrected chi connectivity index (χ2v) is 5.82. The molecule has 21 heavy (non-hydrogen) atoms. The number of hydrogen-bond acceptors (Lipinski definition) is 2. The maximum atomic E-state index is 11.7. The van der Waals surface area contributed by atoms with Crippen molar-refractivity contribution in [2.24, 2.45) is 0 Å². The third kappa shape index (κ3) is 2.61. The maximum absolute atomic E-state index is 11.7. The predicted molar refractivity (Wildman–Crippen MR) is 85.9 cm³/mol. The van der Waals surface area contributed by atoms with Crippen molar-refractivity contribution in [2.75, 3.05) is 5.32 Å². The smallest absolute Gasteiger partial charge is 0.251 e. The average molecular weight is 301 g/mol. The molecular weight excluding hydrogens is 284 g/mol. The van der Waals surface area contributed by atoms with Gasteiger partial charge in [-0.25, -0.2) is 0 Å². The molecular formula is C17H17ClN2O. The first-order valence-electron chi connectivity index (χ1n) is 6.96. The number of benzene rings is 2. The van der Waals surface area contributed by atoms with Crippen molar-refractivity contribution in [3.05, 3.63) is 63.2 Å². The normalized spacial score (nSPS) is 13.0. The minimum absolute atomic E-state index is 0.00695. The van der Waals surface area contributed by atoms with Crippen molar-refractivity contribution in [2.45, 2.75) is 26.9 Å². The molecule has 3 nitrogen and oxygen atoms in total. The summed E-state index contributed by atoms with van der Waals surface area (Å²) in [7, 11) is 0. The number of nitrogens with one attached hydrogen (secondary N) is 2. The molecule has 108 valence electrons. The van der Waals surface area contributed by atoms with Gasteiger partial charge in [-0.3, -0.25) is 4.79 Å². The summed E-state index contributed by atoms with van der Waals surface area (Å²) in [5.41, 5.74) is 6.42. The number of amides is 1. The minimum Gasteiger partial charge on any atom is -0.381 e. The SMILES string of the molecule is Cc1cc(Cl)cc(C)c1CNc1cccc2c1CNC2=O. The van der Waals surface area contributed by atoms with E-state index in [0.717, 1.165) is 28.4 Å². The Morgan fingerprint density at radius 3 is 2.67 bits per heavy atom. The highest BCUT2D eigenvalue weighted by atomic mass is 35.5. The van der Waals surface area contributed by atoms with Gasteiger partial charge in [0.15, 0.2) is 0 Å². The lowest BCUT2D eigenvalue weighted by Gasteiger charge is -2.14. The maximum Gasteiger partial charge on any atom is 0.251 e. The van der Waals surface area contributed by atoms with E-state index in [-0.39, 0.29) is 5.91 Å². The van der Waals surface area contributed by atoms with Crippen molar-refractivity contribution >= 4 is 23.2 Å². The number of rotatable bonds is 3. The summed E-state index contributed by atoms with van der Waals surface area (Å²) < 4.78 is 0. The predicted octanol–water partition coefficient (Wildman–Crippen LogP) is 3.81. The number of carbonyl (C=O) groups excluding carboxylic acids is 1. The summed E-state index contributed by atoms with van der Waals surface area (Å²) in [6, 6.07) is 9.74. The van der Waals surface area contributed by atoms with Crippen LogP contribution in [0.25, 0.3) is 0 Å². The Labute approximate surface area is 129 Å². The second-order valence-electron chi connectivity index (χ2n) is 5.39. The van der Waals surface area contributed by atoms with Crippen LogP contribution in [0.2, 0.25) is 5.02 Å². The van der Waals surface area contributed by atoms with Crippen LogP contribution in [-0.2, 0) is 13.1 Å². The fraction of sp³-hybridized carbons (Fsp3) is 0.235. The molecule has 2 aromatic carbocycles. The van der Waals surface area contributed by atoms with Crippen molar-refractivity contribution in [1.29, 1.82) is 0 Å². The van der Waals surface area contributed by atoms with Gasteiger partial charge >= 0.3 is 0 Å². The van der Waals surface area contributed by atoms with Gasteiger partial charge in [-0.05, 0) is 54.8 Å². The highest BCUT2D eigenvalue weighted by Crippen LogP contribution is 2.26. The van der Waals surface area contributed by atoms with E-state index in [1.165, 1.54) is 16.7 Å². The number of hydrogen-bond donors (Lipinski definition) is 2. The molecule has 4 heteroatoms. The van der Waals surface area contributed by atoms with E-state index >= 15 is 0 Å². The van der Waals surface area contributed by atoms with Gasteiger partial charge in [-0.2, -0.15) is 0 Å². The fourth-order valence-corrected chi connectivity index (χ4v) is 3.15. The highest BCUT2D eigenvalue weighted by Gasteiger charge is 2.21. The van der Waals surface area contributed by atoms with Gasteiger partial charge in [0.1, 0.15) is 0 Å². The van der Waals surface area contributed by atoms with E-state index in [4.69, 9.17) is 11.6 Å². The molecule has 0 saturated carbocycles. The fourth-order valence-electron chi connectivity index (χ4n) is 2.82. The van der Waals surface area contributed by atoms with Crippen LogP contribution >= 0.6 is 11.6 Å². The van der Waals surface area contributed by atoms with Crippen molar-refractivity contribution in [3.63, 3.8) is 0 Å². The first-order valence-corrected chi connectivity index (χ1v) is 7.33. The molecule has 1 aliphatic rings. The summed E-state index contributed by atoms with van der Waals surface area (Å²) in [5.74, 6) is 0.00695. The molecule has 0 spiro atoms. The van der Waals surface area contributed by atoms with Crippen LogP contribution in [-0.4, -0.2) is 5.91 Å². The van der Waals surface area contributed by atoms with Crippen molar-refractivity contribution in [3.8, 4) is 0 Å². The van der Waals surface area contributed by atoms with Gasteiger partial charge in [0.25, 0.3) is 5.91 Å². The summed E-state index contributed by atoms with van der Waals surface area (Å²) in [6.07, 6.45) is 0. The largest absolute Gasteiger partial charge is 0.381 e. The summed E-state index contributed by atoms with van der Waals surface area (Å²) in [5, 5.41) is 7.07. The zero-order valence-electron chi connectivity index (χ0n) is 12.1. The van der Waals surface area contributed by atoms with Crippen LogP contribution in [0, 0.1) is 13.8 Å². The zero-order chi connectivity index (χ0) is 15.0. The quantitative estimate of drug-likeness (QED) is 0.905. The van der Waals surface area contributed by atoms with Crippen LogP contribution in [0.4, 0.5) is 5.69 Å². The van der Waals surface area contributed by atoms with Crippen molar-refractivity contribution < 1.29 is 4.79 Å². The number of aryl methyl sites for hydroxylation is 2. The second kappa shape index (κ2) is 5.41. The molecule has 0 aliphatic carbocycles. The summed E-state index contributed by atoms with van der Waals surface area (Å²) in [6.45, 7) is 5.45. The molecule has 1 amide bonds. The first kappa shape index (κ1) is 14.0. The number of fused-ring (bicyclic) bond motifs is 1. The van der Waals surface area contributed by atoms with Gasteiger partial charge < -0.3 is 10.6 Å². The number of carbonyl (C=O) groups is 1. The number of anilines is 1. The Bertz CT molecular complexity index is 702. The molecule has 0 saturated heterocycles. The standard InChI is InChI=1S/C17H17ClN2O/c1-10-6-12(18)7-11(2)14(10)8-19-16-5-3-4-13-15(16)9-20-17(13)21/h3-7,19H,8-9H2,1-2H3,(H,20,21). The van der Waals surface area contributed by atoms with Crippen LogP contribution < -0.4 is 10.6 Å². The van der Waals surface area contributed by atoms with Gasteiger partial charge in [0.2, 0.25) is 0 Å². The average Bonchev–Trinajstić information content (AvgIpc) is 2.80. The van der Waals surface area contributed by atoms with Crippen LogP contribution in [0.1, 0.15) is 32.6 Å². The van der Waals surface area contributed by atoms with Crippen molar-refractivity contribution in [1.82, 2.24) is 5.32 Å². The molecule has 2 aromatic rings. The first-order chi connectivity index (χ1) is 10.1. The van der Waals surface area contributed by atoms with Gasteiger partial charge in [0.05, 0.1) is 0 Å². The van der Waals surface area contributed by atoms with Gasteiger partial charge in [0, 0.05) is 34.9 Å². The topological polar surface area (TPSA) is 41.1 Å². The zero-order valence-corrected chi connectivity index (χ0v) is 12.8. The van der Waals surface area contributed by atoms with Crippen LogP contribution in [0.15, 0.2) is 30.3 Å². The van der Waals surface area contributed by atoms with E-state index in [2.05, 4.69) is 24.5 Å². The lowest BCUT2D eigenvalue weighted by Crippen LogP contribution is -2.12. The van der Waals surface area contributed by atoms with Gasteiger partial charge in [-0.1, -0.05) is 17.7 Å². The Morgan fingerprint density at radius 2 is 1.95 bits per heavy atom. The Morgan fingerprint density at radius 1 is 1.24 bits per heavy atom. The molecule has 0 unspecified atom stereocenters. The third-order valence-electron chi connectivity index (χ3n) is 3.96. The van der Waals surface area contributed by atoms with E-state index in [0.29, 0.717) is 6.54 Å². The highest BCUT2D eigenvalue weighted by molar-refractivity contribution is 6.30. The molecule has 0 bridgehead atoms. The van der Waals surface area contributed by atoms with E-state index in [1.807, 2.05) is 30.3 Å². The van der Waals surface area contributed by atoms with E-state index in [9.17, 15) is 4.79 Å². The third-order valence-corrected chi connectivity index (χ3v) is 4.18. The summed E-state index contributed by atoms with van der Waals surface area (Å²) >= 11 is 6.07. The number of halogens is 1. The molecule has 2 N–H and O–H groups in total. The lowest BCUT2D eigenvalue weighted by atomic mass is 10.0. The lowest BCUT2D eigenvalue weighted by molar-refractivity contribution is 0.0966. The molecule has 0 radical (unpaired) electrons. The van der Waals surface area contributed by atoms with E-state index < -0.39 is 0 Å². The van der Waals surface area contributed by atoms with Crippen LogP contribution in [0.5, 0.6) is 0 Å². The van der Waals surface area contributed by atoms with E-state index in [1.54, 1.807) is 0 Å². The Hall–Kier alpha value is -2.00. The molecule has 0 fully saturated rings. The van der Waals surface area contributed by atoms with Gasteiger partial charge in [-0.15, -0.1) is 0 Å². The Kier molecular flexibility index (Phi) is 3.60. The molecule has 0 aromatic heterocycles. The monoisotopic (exact) mass is 300 g/mol. The Balaban J connectivity index is 1.85. The molecule has 1 heterocycles. The molecule has 3 rings (SSSR count). The molecule has 1 aliphatic heterocycles.